The van der Waals surface area contributed by atoms with Gasteiger partial charge < -0.3 is 125 Å². The second kappa shape index (κ2) is 46.1. The number of aromatic nitrogens is 14. The van der Waals surface area contributed by atoms with Crippen molar-refractivity contribution in [2.75, 3.05) is 223 Å². The number of fused-ring (bicyclic) bond motifs is 5. The maximum absolute atomic E-state index is 12.4. The number of allylic oxidation sites excluding steroid dienone is 2. The molecule has 760 valence electrons. The molecule has 0 bridgehead atoms. The molecule has 4 amide bonds. The number of para-hydroxylation sites is 1. The van der Waals surface area contributed by atoms with E-state index in [4.69, 9.17) is 48.9 Å². The quantitative estimate of drug-likeness (QED) is 0.0203. The Labute approximate surface area is 856 Å². The number of nitrogens with zero attached hydrogens (tertiary/aromatic N) is 18. The molecule has 38 nitrogen and oxygen atoms in total. The van der Waals surface area contributed by atoms with Crippen LogP contribution in [-0.2, 0) is 26.2 Å². The number of hydrogen-bond acceptors (Lipinski definition) is 29. The number of nitrogens with one attached hydrogen (secondary N) is 12. The van der Waals surface area contributed by atoms with Crippen LogP contribution < -0.4 is 81.1 Å². The van der Waals surface area contributed by atoms with Gasteiger partial charge in [-0.25, -0.2) is 19.9 Å². The van der Waals surface area contributed by atoms with Crippen LogP contribution >= 0.6 is 0 Å². The molecule has 21 rings (SSSR count). The van der Waals surface area contributed by atoms with Gasteiger partial charge >= 0.3 is 0 Å². The number of anilines is 16. The number of likely N-dealkylation sites (N-methyl/N-ethyl adjacent to an activating group) is 4. The lowest BCUT2D eigenvalue weighted by molar-refractivity contribution is -0.112. The third-order valence-corrected chi connectivity index (χ3v) is 26.8. The van der Waals surface area contributed by atoms with E-state index in [0.29, 0.717) is 104 Å². The van der Waals surface area contributed by atoms with Crippen molar-refractivity contribution in [2.24, 2.45) is 7.05 Å². The summed E-state index contributed by atoms with van der Waals surface area (Å²) in [6.07, 6.45) is 24.8. The summed E-state index contributed by atoms with van der Waals surface area (Å²) in [5.74, 6) is 3.05. The summed E-state index contributed by atoms with van der Waals surface area (Å²) in [5, 5.41) is 30.1. The highest BCUT2D eigenvalue weighted by atomic mass is 16.5. The molecule has 1 aliphatic carbocycles. The van der Waals surface area contributed by atoms with Crippen LogP contribution in [0.4, 0.5) is 92.0 Å². The number of ether oxygens (including phenoxy) is 4. The molecule has 4 aliphatic heterocycles. The van der Waals surface area contributed by atoms with E-state index >= 15 is 0 Å². The Morgan fingerprint density at radius 1 is 0.345 bits per heavy atom. The average molecular weight is 1990 g/mol. The number of carbonyl (C=O) groups is 4. The summed E-state index contributed by atoms with van der Waals surface area (Å²) < 4.78 is 25.2. The fourth-order valence-corrected chi connectivity index (χ4v) is 18.8. The van der Waals surface area contributed by atoms with Crippen LogP contribution in [0.15, 0.2) is 240 Å². The third-order valence-electron chi connectivity index (χ3n) is 26.8. The molecule has 0 radical (unpaired) electrons. The zero-order valence-electron chi connectivity index (χ0n) is 84.5. The lowest BCUT2D eigenvalue weighted by Gasteiger charge is -2.35. The molecule has 0 atom stereocenters. The third kappa shape index (κ3) is 23.0. The van der Waals surface area contributed by atoms with E-state index in [2.05, 4.69) is 200 Å². The summed E-state index contributed by atoms with van der Waals surface area (Å²) in [7, 11) is 17.0. The van der Waals surface area contributed by atoms with Crippen molar-refractivity contribution in [3.05, 3.63) is 245 Å². The molecule has 12 N–H and O–H groups in total. The Morgan fingerprint density at radius 3 is 1.01 bits per heavy atom. The second-order valence-electron chi connectivity index (χ2n) is 36.5. The van der Waals surface area contributed by atoms with Gasteiger partial charge in [0.15, 0.2) is 0 Å². The molecule has 5 aliphatic rings. The minimum atomic E-state index is -0.288. The Hall–Kier alpha value is -17.5. The average Bonchev–Trinajstić information content (AvgIpc) is 1.60. The Bertz CT molecular complexity index is 7370. The predicted molar refractivity (Wildman–Crippen MR) is 592 cm³/mol. The van der Waals surface area contributed by atoms with E-state index in [1.165, 1.54) is 42.7 Å². The largest absolute Gasteiger partial charge is 0.494 e. The second-order valence-corrected chi connectivity index (χ2v) is 36.5. The number of carbonyl (C=O) groups excluding carboxylic acids is 4. The first kappa shape index (κ1) is 101. The predicted octanol–water partition coefficient (Wildman–Crippen LogP) is 17.2. The zero-order valence-corrected chi connectivity index (χ0v) is 84.5. The van der Waals surface area contributed by atoms with Gasteiger partial charge in [-0.2, -0.15) is 19.9 Å². The van der Waals surface area contributed by atoms with E-state index in [1.54, 1.807) is 40.8 Å². The molecule has 0 saturated carbocycles. The smallest absolute Gasteiger partial charge is 0.247 e. The monoisotopic (exact) mass is 1990 g/mol. The van der Waals surface area contributed by atoms with Crippen molar-refractivity contribution in [3.63, 3.8) is 0 Å². The van der Waals surface area contributed by atoms with E-state index in [1.807, 2.05) is 159 Å². The molecule has 0 unspecified atom stereocenters. The number of pyridine rings is 1. The van der Waals surface area contributed by atoms with Gasteiger partial charge in [-0.05, 0) is 150 Å². The summed E-state index contributed by atoms with van der Waals surface area (Å²) in [6, 6.07) is 45.3. The highest BCUT2D eigenvalue weighted by Crippen LogP contribution is 2.46. The normalized spacial score (nSPS) is 14.6. The van der Waals surface area contributed by atoms with Crippen LogP contribution in [0, 0.1) is 0 Å². The summed E-state index contributed by atoms with van der Waals surface area (Å²) in [5.41, 5.74) is 20.3. The minimum Gasteiger partial charge on any atom is -0.494 e. The molecule has 4 saturated heterocycles. The van der Waals surface area contributed by atoms with Crippen LogP contribution in [0.1, 0.15) is 31.4 Å². The van der Waals surface area contributed by atoms with Crippen molar-refractivity contribution in [1.82, 2.24) is 89.0 Å². The van der Waals surface area contributed by atoms with Crippen molar-refractivity contribution >= 4 is 176 Å². The van der Waals surface area contributed by atoms with E-state index in [0.717, 1.165) is 224 Å². The van der Waals surface area contributed by atoms with Gasteiger partial charge in [-0.15, -0.1) is 0 Å². The maximum Gasteiger partial charge on any atom is 0.247 e. The number of methoxy groups -OCH3 is 4. The summed E-state index contributed by atoms with van der Waals surface area (Å²) in [6.45, 7) is 28.6. The number of aryl methyl sites for hydroxylation is 1. The number of rotatable bonds is 28. The van der Waals surface area contributed by atoms with Crippen LogP contribution in [0.25, 0.3) is 94.4 Å². The van der Waals surface area contributed by atoms with Gasteiger partial charge in [0.25, 0.3) is 0 Å². The van der Waals surface area contributed by atoms with Gasteiger partial charge in [0.05, 0.1) is 119 Å². The molecular formula is C110H122N30O8. The van der Waals surface area contributed by atoms with Gasteiger partial charge in [0.1, 0.15) is 45.6 Å². The highest BCUT2D eigenvalue weighted by Gasteiger charge is 2.30. The van der Waals surface area contributed by atoms with Crippen molar-refractivity contribution < 1.29 is 38.1 Å². The highest BCUT2D eigenvalue weighted by molar-refractivity contribution is 6.08. The molecular weight excluding hydrogens is 1870 g/mol. The first-order valence-electron chi connectivity index (χ1n) is 49.2. The Balaban J connectivity index is 0.000000129. The molecule has 10 aromatic heterocycles. The number of H-pyrrole nitrogens is 4. The first-order chi connectivity index (χ1) is 72.1. The number of benzene rings is 6. The number of hydrogen-bond donors (Lipinski definition) is 12. The molecule has 38 heteroatoms. The number of amides is 4. The minimum absolute atomic E-state index is 0.267. The van der Waals surface area contributed by atoms with Crippen molar-refractivity contribution in [2.45, 2.75) is 25.7 Å². The lowest BCUT2D eigenvalue weighted by atomic mass is 9.96. The number of aromatic amines is 4. The topological polar surface area (TPSA) is 411 Å². The fourth-order valence-electron chi connectivity index (χ4n) is 18.8. The lowest BCUT2D eigenvalue weighted by Crippen LogP contribution is -2.44. The Morgan fingerprint density at radius 2 is 0.669 bits per heavy atom. The van der Waals surface area contributed by atoms with Gasteiger partial charge in [0.2, 0.25) is 47.4 Å². The molecule has 148 heavy (non-hydrogen) atoms. The van der Waals surface area contributed by atoms with Crippen LogP contribution in [-0.4, -0.2) is 274 Å². The molecule has 0 spiro atoms. The van der Waals surface area contributed by atoms with E-state index in [9.17, 15) is 19.2 Å². The molecule has 6 aromatic carbocycles. The standard InChI is InChI=1S/C30H32N8O2.C27H33N7O2.C27H29N7O2.C26H28N8O2/c1-5-27(39)32-22-16-23(26(40-4)17-25(22)38-14-12-36(2)13-15-38)33-30-34-28(20-10-11-31-29(20)35-30)21-18-37(3)24-9-7-6-8-19(21)24;2*1-4-24(35)29-20-16-21(23(36-3)17-22(20)34-14-12-33(2)13-15-34)30-27-31-25(18-8-6-5-7-9-18)19-10-11-28-26(19)32-27;1-4-23(35)29-19-14-20(22(36-3)15-21(19)34-12-10-33(2)11-13-34)30-26-31-24(17-6-5-8-27-16-17)18-7-9-28-25(18)32-26/h5-11,16-18H,1,12-15H2,2-4H3,(H,32,39)(H2,31,33,34,35);4,8,10-11,16-17H,1,5-7,9,12-15H2,2-3H3,(H,29,35)(H2,28,30,31,32);4-11,16-17H,1,12-15H2,2-3H3,(H,29,35)(H2,28,30,31,32);4-9,14-16H,1,10-13H2,2-3H3,(H,29,35)(H2,28,30,31,32). The molecule has 16 aromatic rings. The molecule has 4 fully saturated rings. The van der Waals surface area contributed by atoms with Gasteiger partial charge in [-0.3, -0.25) is 24.2 Å². The van der Waals surface area contributed by atoms with E-state index < -0.39 is 0 Å². The fraction of sp³-hybridized carbons (Fsp3) is 0.264. The maximum atomic E-state index is 12.4. The van der Waals surface area contributed by atoms with Gasteiger partial charge in [0, 0.05) is 229 Å². The van der Waals surface area contributed by atoms with Crippen molar-refractivity contribution in [1.29, 1.82) is 0 Å². The first-order valence-corrected chi connectivity index (χ1v) is 49.2. The summed E-state index contributed by atoms with van der Waals surface area (Å²) >= 11 is 0. The van der Waals surface area contributed by atoms with Crippen LogP contribution in [0.5, 0.6) is 23.0 Å². The van der Waals surface area contributed by atoms with Crippen molar-refractivity contribution in [3.8, 4) is 56.8 Å². The molecule has 14 heterocycles. The Kier molecular flexibility index (Phi) is 31.3. The summed E-state index contributed by atoms with van der Waals surface area (Å²) in [4.78, 5) is 123. The number of piperazine rings is 4. The van der Waals surface area contributed by atoms with Gasteiger partial charge in [-0.1, -0.05) is 80.9 Å². The SMILES string of the molecule is C=CC(=O)Nc1cc(Nc2nc(-c3ccccc3)c3cc[nH]c3n2)c(OC)cc1N1CCN(C)CC1.C=CC(=O)Nc1cc(Nc2nc(-c3cccnc3)c3cc[nH]c3n2)c(OC)cc1N1CCN(C)CC1.C=CC(=O)Nc1cc(Nc2nc(-c3cn(C)c4ccccc34)c3cc[nH]c3n2)c(OC)cc1N1CCN(C)CC1.C=CC(=O)Nc1cc(Nc2nc(C3=CCCCC3)c3cc[nH]c3n2)c(OC)cc1N1CCN(C)CC1. The zero-order chi connectivity index (χ0) is 103. The van der Waals surface area contributed by atoms with Crippen LogP contribution in [0.2, 0.25) is 0 Å². The van der Waals surface area contributed by atoms with E-state index in [-0.39, 0.29) is 23.6 Å². The van der Waals surface area contributed by atoms with Crippen LogP contribution in [0.3, 0.4) is 0 Å².